The van der Waals surface area contributed by atoms with Crippen molar-refractivity contribution in [1.82, 2.24) is 0 Å². The third-order valence-electron chi connectivity index (χ3n) is 0. The van der Waals surface area contributed by atoms with Gasteiger partial charge in [-0.25, -0.2) is 4.79 Å². The van der Waals surface area contributed by atoms with E-state index in [1.54, 1.807) is 0 Å². The minimum absolute atomic E-state index is 0. The van der Waals surface area contributed by atoms with Gasteiger partial charge < -0.3 is 0 Å². The summed E-state index contributed by atoms with van der Waals surface area (Å²) in [5.74, 6) is 1.25. The van der Waals surface area contributed by atoms with Crippen molar-refractivity contribution in [3.05, 3.63) is 6.58 Å². The van der Waals surface area contributed by atoms with E-state index in [1.807, 2.05) is 0 Å². The van der Waals surface area contributed by atoms with Gasteiger partial charge in [0.05, 0.1) is 0 Å². The summed E-state index contributed by atoms with van der Waals surface area (Å²) in [6.45, 7) is 2.68. The standard InChI is InChI=1S/C2H2O.Rh/c1-2-3;/h1H2;. The SMILES string of the molecule is C=C=O.[Rh]. The first-order chi connectivity index (χ1) is 1.41. The van der Waals surface area contributed by atoms with Gasteiger partial charge in [-0.15, -0.1) is 0 Å². The zero-order valence-corrected chi connectivity index (χ0v) is 3.59. The van der Waals surface area contributed by atoms with Crippen molar-refractivity contribution < 1.29 is 24.3 Å². The molecule has 0 aliphatic carbocycles. The first-order valence-electron chi connectivity index (χ1n) is 0.558. The molecule has 0 fully saturated rings. The molecule has 0 bridgehead atoms. The fourth-order valence-corrected chi connectivity index (χ4v) is 0. The molecule has 4 heavy (non-hydrogen) atoms. The van der Waals surface area contributed by atoms with Crippen LogP contribution in [0, 0.1) is 0 Å². The minimum atomic E-state index is 0. The first-order valence-corrected chi connectivity index (χ1v) is 0.558. The Hall–Kier alpha value is 0.0734. The Morgan fingerprint density at radius 3 is 1.75 bits per heavy atom. The predicted molar refractivity (Wildman–Crippen MR) is 11.3 cm³/mol. The summed E-state index contributed by atoms with van der Waals surface area (Å²) in [6, 6.07) is 0. The summed E-state index contributed by atoms with van der Waals surface area (Å²) >= 11 is 0. The normalized spacial score (nSPS) is 2.00. The van der Waals surface area contributed by atoms with E-state index in [1.165, 1.54) is 5.94 Å². The third kappa shape index (κ3) is 444. The van der Waals surface area contributed by atoms with Gasteiger partial charge in [-0.05, 0) is 6.58 Å². The zero-order valence-electron chi connectivity index (χ0n) is 1.95. The maximum absolute atomic E-state index is 8.57. The Morgan fingerprint density at radius 1 is 1.75 bits per heavy atom. The average molecular weight is 145 g/mol. The molecular formula is C2H2ORh. The fourth-order valence-electron chi connectivity index (χ4n) is 0. The van der Waals surface area contributed by atoms with Crippen molar-refractivity contribution in [2.75, 3.05) is 0 Å². The average Bonchev–Trinajstić information content (AvgIpc) is 0.918. The van der Waals surface area contributed by atoms with E-state index in [4.69, 9.17) is 4.79 Å². The molecule has 0 aliphatic heterocycles. The Labute approximate surface area is 37.5 Å². The second-order valence-corrected chi connectivity index (χ2v) is 0.144. The van der Waals surface area contributed by atoms with Crippen LogP contribution in [-0.4, -0.2) is 5.94 Å². The molecule has 0 spiro atoms. The number of hydrogen-bond donors (Lipinski definition) is 0. The minimum Gasteiger partial charge on any atom is -0.234 e. The van der Waals surface area contributed by atoms with Crippen molar-refractivity contribution in [1.29, 1.82) is 0 Å². The second kappa shape index (κ2) is 11.5. The Kier molecular flexibility index (Phi) is 25.7. The van der Waals surface area contributed by atoms with Crippen LogP contribution in [0.1, 0.15) is 0 Å². The molecule has 25 valence electrons. The molecule has 0 atom stereocenters. The summed E-state index contributed by atoms with van der Waals surface area (Å²) < 4.78 is 0. The number of rotatable bonds is 0. The van der Waals surface area contributed by atoms with Crippen LogP contribution in [0.4, 0.5) is 0 Å². The van der Waals surface area contributed by atoms with E-state index in [9.17, 15) is 0 Å². The second-order valence-electron chi connectivity index (χ2n) is 0.144. The van der Waals surface area contributed by atoms with Gasteiger partial charge in [0, 0.05) is 19.5 Å². The Bertz CT molecular complexity index is 27.0. The molecule has 0 N–H and O–H groups in total. The van der Waals surface area contributed by atoms with Crippen LogP contribution in [0.25, 0.3) is 0 Å². The van der Waals surface area contributed by atoms with E-state index in [-0.39, 0.29) is 19.5 Å². The molecule has 0 saturated carbocycles. The molecule has 0 amide bonds. The maximum Gasteiger partial charge on any atom is 0.116 e. The van der Waals surface area contributed by atoms with E-state index >= 15 is 0 Å². The van der Waals surface area contributed by atoms with Gasteiger partial charge in [0.15, 0.2) is 0 Å². The molecule has 0 aliphatic rings. The Balaban J connectivity index is 0. The molecule has 0 unspecified atom stereocenters. The molecule has 1 radical (unpaired) electrons. The smallest absolute Gasteiger partial charge is 0.116 e. The molecule has 2 heteroatoms. The summed E-state index contributed by atoms with van der Waals surface area (Å²) in [6.07, 6.45) is 0. The number of hydrogen-bond acceptors (Lipinski definition) is 1. The molecule has 0 aromatic rings. The molecular weight excluding hydrogens is 143 g/mol. The Morgan fingerprint density at radius 2 is 1.75 bits per heavy atom. The van der Waals surface area contributed by atoms with Crippen molar-refractivity contribution in [3.8, 4) is 0 Å². The van der Waals surface area contributed by atoms with Crippen LogP contribution in [0.2, 0.25) is 0 Å². The molecule has 0 heterocycles. The first kappa shape index (κ1) is 8.95. The summed E-state index contributed by atoms with van der Waals surface area (Å²) in [5, 5.41) is 0. The molecule has 0 rings (SSSR count). The van der Waals surface area contributed by atoms with E-state index in [2.05, 4.69) is 6.58 Å². The molecule has 0 aromatic carbocycles. The number of carbonyl (C=O) groups excluding carboxylic acids is 1. The van der Waals surface area contributed by atoms with Crippen molar-refractivity contribution >= 4 is 5.94 Å². The van der Waals surface area contributed by atoms with Crippen LogP contribution in [0.5, 0.6) is 0 Å². The van der Waals surface area contributed by atoms with Crippen LogP contribution in [0.15, 0.2) is 6.58 Å². The van der Waals surface area contributed by atoms with Gasteiger partial charge in [-0.1, -0.05) is 0 Å². The van der Waals surface area contributed by atoms with Gasteiger partial charge in [0.1, 0.15) is 5.94 Å². The van der Waals surface area contributed by atoms with Gasteiger partial charge in [0.25, 0.3) is 0 Å². The van der Waals surface area contributed by atoms with Crippen molar-refractivity contribution in [2.24, 2.45) is 0 Å². The van der Waals surface area contributed by atoms with E-state index in [0.29, 0.717) is 0 Å². The largest absolute Gasteiger partial charge is 0.234 e. The molecule has 0 aromatic heterocycles. The van der Waals surface area contributed by atoms with Crippen molar-refractivity contribution in [3.63, 3.8) is 0 Å². The fraction of sp³-hybridized carbons (Fsp3) is 0. The zero-order chi connectivity index (χ0) is 2.71. The predicted octanol–water partition coefficient (Wildman–Crippen LogP) is 0.00150. The van der Waals surface area contributed by atoms with Gasteiger partial charge in [-0.2, -0.15) is 0 Å². The monoisotopic (exact) mass is 145 g/mol. The van der Waals surface area contributed by atoms with Gasteiger partial charge in [0.2, 0.25) is 0 Å². The quantitative estimate of drug-likeness (QED) is 0.346. The van der Waals surface area contributed by atoms with Gasteiger partial charge >= 0.3 is 0 Å². The van der Waals surface area contributed by atoms with E-state index < -0.39 is 0 Å². The summed E-state index contributed by atoms with van der Waals surface area (Å²) in [4.78, 5) is 8.57. The maximum atomic E-state index is 8.57. The van der Waals surface area contributed by atoms with Gasteiger partial charge in [-0.3, -0.25) is 0 Å². The molecule has 1 nitrogen and oxygen atoms in total. The molecule has 0 saturated heterocycles. The topological polar surface area (TPSA) is 17.1 Å². The third-order valence-corrected chi connectivity index (χ3v) is 0. The van der Waals surface area contributed by atoms with Crippen LogP contribution in [-0.2, 0) is 24.3 Å². The summed E-state index contributed by atoms with van der Waals surface area (Å²) in [7, 11) is 0. The van der Waals surface area contributed by atoms with Crippen LogP contribution < -0.4 is 0 Å². The van der Waals surface area contributed by atoms with Crippen LogP contribution in [0.3, 0.4) is 0 Å². The van der Waals surface area contributed by atoms with E-state index in [0.717, 1.165) is 0 Å². The van der Waals surface area contributed by atoms with Crippen molar-refractivity contribution in [2.45, 2.75) is 0 Å². The summed E-state index contributed by atoms with van der Waals surface area (Å²) in [5.41, 5.74) is 0. The van der Waals surface area contributed by atoms with Crippen LogP contribution >= 0.6 is 0 Å².